The maximum atomic E-state index is 3.30. The molecule has 0 fully saturated rings. The van der Waals surface area contributed by atoms with E-state index >= 15 is 0 Å². The second kappa shape index (κ2) is 5.89. The van der Waals surface area contributed by atoms with E-state index in [4.69, 9.17) is 0 Å². The summed E-state index contributed by atoms with van der Waals surface area (Å²) in [6.45, 7) is 9.57. The summed E-state index contributed by atoms with van der Waals surface area (Å²) in [5, 5.41) is 0. The molecular weight excluding hydrogens is 232 g/mol. The Hall–Kier alpha value is -1.80. The molecule has 0 aromatic heterocycles. The number of rotatable bonds is 4. The van der Waals surface area contributed by atoms with Gasteiger partial charge in [-0.15, -0.1) is 0 Å². The number of anilines is 1. The second-order valence-corrected chi connectivity index (χ2v) is 5.08. The predicted molar refractivity (Wildman–Crippen MR) is 82.3 cm³/mol. The van der Waals surface area contributed by atoms with Crippen molar-refractivity contribution in [3.63, 3.8) is 0 Å². The smallest absolute Gasteiger partial charge is 0.0487 e. The molecule has 100 valence electrons. The lowest BCUT2D eigenvalue weighted by Crippen LogP contribution is -2.22. The van der Waals surface area contributed by atoms with Gasteiger partial charge < -0.3 is 5.43 Å². The maximum Gasteiger partial charge on any atom is 0.0487 e. The third-order valence-corrected chi connectivity index (χ3v) is 3.79. The van der Waals surface area contributed by atoms with Crippen molar-refractivity contribution < 1.29 is 0 Å². The molecule has 0 atom stereocenters. The zero-order valence-corrected chi connectivity index (χ0v) is 12.2. The number of para-hydroxylation sites is 1. The second-order valence-electron chi connectivity index (χ2n) is 5.08. The lowest BCUT2D eigenvalue weighted by atomic mass is 9.94. The number of nitrogens with one attached hydrogen (secondary N) is 2. The predicted octanol–water partition coefficient (Wildman–Crippen LogP) is 4.04. The van der Waals surface area contributed by atoms with Crippen LogP contribution in [-0.2, 0) is 6.54 Å². The van der Waals surface area contributed by atoms with Gasteiger partial charge in [0.25, 0.3) is 0 Å². The van der Waals surface area contributed by atoms with Crippen LogP contribution in [0, 0.1) is 27.7 Å². The van der Waals surface area contributed by atoms with Crippen LogP contribution in [0.15, 0.2) is 36.4 Å². The highest BCUT2D eigenvalue weighted by Crippen LogP contribution is 2.21. The highest BCUT2D eigenvalue weighted by molar-refractivity contribution is 5.45. The maximum absolute atomic E-state index is 3.30. The van der Waals surface area contributed by atoms with E-state index in [1.807, 2.05) is 30.3 Å². The lowest BCUT2D eigenvalue weighted by molar-refractivity contribution is 0.788. The minimum absolute atomic E-state index is 0.828. The molecule has 0 unspecified atom stereocenters. The van der Waals surface area contributed by atoms with Gasteiger partial charge in [0.1, 0.15) is 0 Å². The molecule has 0 saturated carbocycles. The first-order valence-electron chi connectivity index (χ1n) is 6.70. The average molecular weight is 254 g/mol. The first kappa shape index (κ1) is 13.6. The molecule has 19 heavy (non-hydrogen) atoms. The van der Waals surface area contributed by atoms with Gasteiger partial charge in [0.05, 0.1) is 0 Å². The molecule has 0 heterocycles. The Morgan fingerprint density at radius 3 is 2.00 bits per heavy atom. The zero-order valence-electron chi connectivity index (χ0n) is 12.2. The van der Waals surface area contributed by atoms with E-state index in [1.54, 1.807) is 0 Å². The molecule has 2 heteroatoms. The van der Waals surface area contributed by atoms with Crippen molar-refractivity contribution >= 4 is 5.69 Å². The minimum atomic E-state index is 0.828. The van der Waals surface area contributed by atoms with Gasteiger partial charge in [-0.25, -0.2) is 5.43 Å². The van der Waals surface area contributed by atoms with E-state index in [2.05, 4.69) is 44.6 Å². The van der Waals surface area contributed by atoms with E-state index in [0.29, 0.717) is 0 Å². The first-order valence-corrected chi connectivity index (χ1v) is 6.70. The molecular formula is C17H22N2. The first-order chi connectivity index (χ1) is 9.09. The van der Waals surface area contributed by atoms with Gasteiger partial charge in [-0.1, -0.05) is 24.3 Å². The van der Waals surface area contributed by atoms with Crippen LogP contribution in [0.5, 0.6) is 0 Å². The Kier molecular flexibility index (Phi) is 4.23. The standard InChI is InChI=1S/C17H22N2/c1-12-10-13(2)15(4)17(14(12)3)11-18-19-16-8-6-5-7-9-16/h5-10,18-19H,11H2,1-4H3. The van der Waals surface area contributed by atoms with Gasteiger partial charge >= 0.3 is 0 Å². The van der Waals surface area contributed by atoms with Crippen molar-refractivity contribution in [2.75, 3.05) is 5.43 Å². The van der Waals surface area contributed by atoms with Crippen LogP contribution in [0.1, 0.15) is 27.8 Å². The summed E-state index contributed by atoms with van der Waals surface area (Å²) in [7, 11) is 0. The Balaban J connectivity index is 2.08. The summed E-state index contributed by atoms with van der Waals surface area (Å²) in [6, 6.07) is 12.4. The van der Waals surface area contributed by atoms with E-state index in [9.17, 15) is 0 Å². The molecule has 2 N–H and O–H groups in total. The highest BCUT2D eigenvalue weighted by Gasteiger charge is 2.07. The number of hydrogen-bond donors (Lipinski definition) is 2. The molecule has 2 nitrogen and oxygen atoms in total. The van der Waals surface area contributed by atoms with Crippen LogP contribution in [0.4, 0.5) is 5.69 Å². The van der Waals surface area contributed by atoms with Crippen LogP contribution >= 0.6 is 0 Å². The number of hydrogen-bond acceptors (Lipinski definition) is 2. The van der Waals surface area contributed by atoms with Crippen LogP contribution in [0.25, 0.3) is 0 Å². The van der Waals surface area contributed by atoms with Crippen molar-refractivity contribution in [3.05, 3.63) is 64.2 Å². The van der Waals surface area contributed by atoms with Crippen LogP contribution < -0.4 is 10.9 Å². The summed E-state index contributed by atoms with van der Waals surface area (Å²) in [6.07, 6.45) is 0. The number of aryl methyl sites for hydroxylation is 2. The van der Waals surface area contributed by atoms with Gasteiger partial charge in [-0.05, 0) is 67.6 Å². The van der Waals surface area contributed by atoms with E-state index in [1.165, 1.54) is 27.8 Å². The molecule has 2 aromatic carbocycles. The Bertz CT molecular complexity index is 533. The van der Waals surface area contributed by atoms with Crippen molar-refractivity contribution in [3.8, 4) is 0 Å². The topological polar surface area (TPSA) is 24.1 Å². The number of hydrazine groups is 1. The molecule has 0 bridgehead atoms. The molecule has 0 spiro atoms. The molecule has 0 aliphatic heterocycles. The largest absolute Gasteiger partial charge is 0.321 e. The van der Waals surface area contributed by atoms with Gasteiger partial charge in [-0.3, -0.25) is 0 Å². The van der Waals surface area contributed by atoms with Gasteiger partial charge in [0.2, 0.25) is 0 Å². The summed E-state index contributed by atoms with van der Waals surface area (Å²) in [4.78, 5) is 0. The van der Waals surface area contributed by atoms with Crippen molar-refractivity contribution in [1.29, 1.82) is 0 Å². The lowest BCUT2D eigenvalue weighted by Gasteiger charge is -2.16. The third kappa shape index (κ3) is 3.15. The molecule has 0 aliphatic carbocycles. The molecule has 0 radical (unpaired) electrons. The van der Waals surface area contributed by atoms with E-state index < -0.39 is 0 Å². The Morgan fingerprint density at radius 2 is 1.42 bits per heavy atom. The minimum Gasteiger partial charge on any atom is -0.321 e. The fourth-order valence-electron chi connectivity index (χ4n) is 2.32. The average Bonchev–Trinajstić information content (AvgIpc) is 2.42. The molecule has 2 aromatic rings. The summed E-state index contributed by atoms with van der Waals surface area (Å²) < 4.78 is 0. The molecule has 0 saturated heterocycles. The number of benzene rings is 2. The molecule has 2 rings (SSSR count). The van der Waals surface area contributed by atoms with E-state index in [-0.39, 0.29) is 0 Å². The summed E-state index contributed by atoms with van der Waals surface area (Å²) >= 11 is 0. The fourth-order valence-corrected chi connectivity index (χ4v) is 2.32. The van der Waals surface area contributed by atoms with Crippen molar-refractivity contribution in [2.45, 2.75) is 34.2 Å². The van der Waals surface area contributed by atoms with Gasteiger partial charge in [0.15, 0.2) is 0 Å². The monoisotopic (exact) mass is 254 g/mol. The quantitative estimate of drug-likeness (QED) is 0.805. The van der Waals surface area contributed by atoms with Crippen LogP contribution in [0.3, 0.4) is 0 Å². The third-order valence-electron chi connectivity index (χ3n) is 3.79. The van der Waals surface area contributed by atoms with Crippen LogP contribution in [0.2, 0.25) is 0 Å². The van der Waals surface area contributed by atoms with Gasteiger partial charge in [0, 0.05) is 12.2 Å². The summed E-state index contributed by atoms with van der Waals surface area (Å²) in [5.41, 5.74) is 14.5. The van der Waals surface area contributed by atoms with Crippen molar-refractivity contribution in [1.82, 2.24) is 5.43 Å². The highest BCUT2D eigenvalue weighted by atomic mass is 15.3. The summed E-state index contributed by atoms with van der Waals surface area (Å²) in [5.74, 6) is 0. The molecule has 0 aliphatic rings. The van der Waals surface area contributed by atoms with Crippen molar-refractivity contribution in [2.24, 2.45) is 0 Å². The molecule has 0 amide bonds. The van der Waals surface area contributed by atoms with E-state index in [0.717, 1.165) is 12.2 Å². The zero-order chi connectivity index (χ0) is 13.8. The fraction of sp³-hybridized carbons (Fsp3) is 0.294. The normalized spacial score (nSPS) is 10.5. The van der Waals surface area contributed by atoms with Crippen LogP contribution in [-0.4, -0.2) is 0 Å². The van der Waals surface area contributed by atoms with Gasteiger partial charge in [-0.2, -0.15) is 0 Å². The Labute approximate surface area is 115 Å². The SMILES string of the molecule is Cc1cc(C)c(C)c(CNNc2ccccc2)c1C. The Morgan fingerprint density at radius 1 is 0.842 bits per heavy atom.